The van der Waals surface area contributed by atoms with Gasteiger partial charge in [-0.15, -0.1) is 0 Å². The predicted molar refractivity (Wildman–Crippen MR) is 60.1 cm³/mol. The summed E-state index contributed by atoms with van der Waals surface area (Å²) in [4.78, 5) is 11.6. The molecule has 0 atom stereocenters. The minimum absolute atomic E-state index is 0.111. The zero-order valence-electron chi connectivity index (χ0n) is 9.15. The van der Waals surface area contributed by atoms with Crippen LogP contribution in [0.4, 0.5) is 10.6 Å². The molecule has 2 amide bonds. The predicted octanol–water partition coefficient (Wildman–Crippen LogP) is 1.58. The van der Waals surface area contributed by atoms with Crippen LogP contribution in [0.1, 0.15) is 25.7 Å². The van der Waals surface area contributed by atoms with Crippen LogP contribution in [0.15, 0.2) is 12.3 Å². The molecule has 2 aliphatic carbocycles. The molecule has 1 aromatic rings. The third kappa shape index (κ3) is 2.35. The number of urea groups is 1. The van der Waals surface area contributed by atoms with Crippen molar-refractivity contribution in [2.75, 3.05) is 5.32 Å². The van der Waals surface area contributed by atoms with Gasteiger partial charge in [-0.05, 0) is 31.6 Å². The van der Waals surface area contributed by atoms with Gasteiger partial charge in [0.1, 0.15) is 5.82 Å². The fourth-order valence-corrected chi connectivity index (χ4v) is 1.69. The quantitative estimate of drug-likeness (QED) is 0.809. The summed E-state index contributed by atoms with van der Waals surface area (Å²) in [5.74, 6) is 1.55. The topological polar surface area (TPSA) is 59.0 Å². The number of amides is 2. The Labute approximate surface area is 94.2 Å². The summed E-state index contributed by atoms with van der Waals surface area (Å²) in [7, 11) is 0. The molecule has 2 N–H and O–H groups in total. The second-order valence-corrected chi connectivity index (χ2v) is 4.71. The number of nitrogens with one attached hydrogen (secondary N) is 2. The van der Waals surface area contributed by atoms with Crippen LogP contribution in [0, 0.1) is 5.92 Å². The van der Waals surface area contributed by atoms with Gasteiger partial charge in [-0.3, -0.25) is 5.32 Å². The molecule has 0 aromatic carbocycles. The first-order chi connectivity index (χ1) is 7.81. The first kappa shape index (κ1) is 9.69. The maximum Gasteiger partial charge on any atom is 0.320 e. The van der Waals surface area contributed by atoms with Crippen molar-refractivity contribution in [2.45, 2.75) is 38.3 Å². The molecular formula is C11H16N4O. The van der Waals surface area contributed by atoms with Gasteiger partial charge in [0.05, 0.1) is 6.20 Å². The van der Waals surface area contributed by atoms with Crippen LogP contribution in [0.25, 0.3) is 0 Å². The van der Waals surface area contributed by atoms with Gasteiger partial charge in [0.25, 0.3) is 0 Å². The van der Waals surface area contributed by atoms with E-state index in [4.69, 9.17) is 0 Å². The molecule has 0 unspecified atom stereocenters. The van der Waals surface area contributed by atoms with E-state index in [1.165, 1.54) is 12.8 Å². The van der Waals surface area contributed by atoms with E-state index in [9.17, 15) is 4.79 Å². The number of rotatable bonds is 4. The highest BCUT2D eigenvalue weighted by molar-refractivity contribution is 5.88. The molecule has 3 rings (SSSR count). The zero-order valence-corrected chi connectivity index (χ0v) is 9.15. The average Bonchev–Trinajstić information content (AvgIpc) is 3.12. The minimum Gasteiger partial charge on any atom is -0.335 e. The zero-order chi connectivity index (χ0) is 11.0. The Hall–Kier alpha value is -1.52. The third-order valence-corrected chi connectivity index (χ3v) is 3.00. The van der Waals surface area contributed by atoms with E-state index >= 15 is 0 Å². The Morgan fingerprint density at radius 3 is 2.94 bits per heavy atom. The summed E-state index contributed by atoms with van der Waals surface area (Å²) < 4.78 is 1.88. The lowest BCUT2D eigenvalue weighted by atomic mass is 10.4. The first-order valence-electron chi connectivity index (χ1n) is 5.90. The van der Waals surface area contributed by atoms with Crippen LogP contribution in [0.2, 0.25) is 0 Å². The van der Waals surface area contributed by atoms with Gasteiger partial charge in [0.2, 0.25) is 0 Å². The Morgan fingerprint density at radius 1 is 1.44 bits per heavy atom. The fourth-order valence-electron chi connectivity index (χ4n) is 1.69. The van der Waals surface area contributed by atoms with Crippen LogP contribution in [-0.2, 0) is 6.54 Å². The maximum atomic E-state index is 11.6. The first-order valence-corrected chi connectivity index (χ1v) is 5.90. The van der Waals surface area contributed by atoms with Gasteiger partial charge in [-0.25, -0.2) is 9.48 Å². The molecule has 5 heteroatoms. The number of carbonyl (C=O) groups is 1. The summed E-state index contributed by atoms with van der Waals surface area (Å²) >= 11 is 0. The van der Waals surface area contributed by atoms with Gasteiger partial charge in [0.15, 0.2) is 0 Å². The van der Waals surface area contributed by atoms with Crippen molar-refractivity contribution in [1.29, 1.82) is 0 Å². The van der Waals surface area contributed by atoms with E-state index in [1.807, 2.05) is 10.7 Å². The van der Waals surface area contributed by atoms with Gasteiger partial charge in [-0.1, -0.05) is 0 Å². The Kier molecular flexibility index (Phi) is 2.31. The SMILES string of the molecule is O=C(Nc1ccnn1CC1CC1)NC1CC1. The molecule has 86 valence electrons. The van der Waals surface area contributed by atoms with Crippen molar-refractivity contribution >= 4 is 11.8 Å². The van der Waals surface area contributed by atoms with E-state index < -0.39 is 0 Å². The molecule has 0 bridgehead atoms. The Balaban J connectivity index is 1.58. The number of hydrogen-bond acceptors (Lipinski definition) is 2. The van der Waals surface area contributed by atoms with Crippen LogP contribution in [0.3, 0.4) is 0 Å². The van der Waals surface area contributed by atoms with Gasteiger partial charge >= 0.3 is 6.03 Å². The summed E-state index contributed by atoms with van der Waals surface area (Å²) in [6.07, 6.45) is 6.51. The van der Waals surface area contributed by atoms with Crippen LogP contribution in [-0.4, -0.2) is 21.9 Å². The van der Waals surface area contributed by atoms with Crippen molar-refractivity contribution in [1.82, 2.24) is 15.1 Å². The molecule has 2 saturated carbocycles. The highest BCUT2D eigenvalue weighted by Gasteiger charge is 2.25. The molecule has 16 heavy (non-hydrogen) atoms. The molecule has 0 aliphatic heterocycles. The molecule has 1 heterocycles. The summed E-state index contributed by atoms with van der Waals surface area (Å²) in [5.41, 5.74) is 0. The number of carbonyl (C=O) groups excluding carboxylic acids is 1. The highest BCUT2D eigenvalue weighted by atomic mass is 16.2. The van der Waals surface area contributed by atoms with Crippen LogP contribution in [0.5, 0.6) is 0 Å². The fraction of sp³-hybridized carbons (Fsp3) is 0.636. The summed E-state index contributed by atoms with van der Waals surface area (Å²) in [6, 6.07) is 2.12. The monoisotopic (exact) mass is 220 g/mol. The van der Waals surface area contributed by atoms with Crippen molar-refractivity contribution < 1.29 is 4.79 Å². The molecule has 0 radical (unpaired) electrons. The molecule has 2 aliphatic rings. The third-order valence-electron chi connectivity index (χ3n) is 3.00. The summed E-state index contributed by atoms with van der Waals surface area (Å²) in [6.45, 7) is 0.923. The number of nitrogens with zero attached hydrogens (tertiary/aromatic N) is 2. The standard InChI is InChI=1S/C11H16N4O/c16-11(13-9-3-4-9)14-10-5-6-12-15(10)7-8-1-2-8/h5-6,8-9H,1-4,7H2,(H2,13,14,16). The Morgan fingerprint density at radius 2 is 2.25 bits per heavy atom. The van der Waals surface area contributed by atoms with Crippen molar-refractivity contribution in [3.63, 3.8) is 0 Å². The van der Waals surface area contributed by atoms with Crippen molar-refractivity contribution in [3.8, 4) is 0 Å². The van der Waals surface area contributed by atoms with E-state index in [0.717, 1.165) is 31.1 Å². The number of aromatic nitrogens is 2. The van der Waals surface area contributed by atoms with Gasteiger partial charge < -0.3 is 5.32 Å². The second-order valence-electron chi connectivity index (χ2n) is 4.71. The largest absolute Gasteiger partial charge is 0.335 e. The van der Waals surface area contributed by atoms with E-state index in [0.29, 0.717) is 6.04 Å². The smallest absolute Gasteiger partial charge is 0.320 e. The van der Waals surface area contributed by atoms with Gasteiger partial charge in [0, 0.05) is 18.7 Å². The Bertz CT molecular complexity index is 392. The lowest BCUT2D eigenvalue weighted by Gasteiger charge is -2.08. The molecule has 0 saturated heterocycles. The van der Waals surface area contributed by atoms with Crippen LogP contribution >= 0.6 is 0 Å². The molecule has 5 nitrogen and oxygen atoms in total. The van der Waals surface area contributed by atoms with Crippen molar-refractivity contribution in [3.05, 3.63) is 12.3 Å². The number of anilines is 1. The highest BCUT2D eigenvalue weighted by Crippen LogP contribution is 2.31. The molecule has 1 aromatic heterocycles. The molecular weight excluding hydrogens is 204 g/mol. The molecule has 0 spiro atoms. The average molecular weight is 220 g/mol. The van der Waals surface area contributed by atoms with E-state index in [-0.39, 0.29) is 6.03 Å². The lowest BCUT2D eigenvalue weighted by molar-refractivity contribution is 0.251. The van der Waals surface area contributed by atoms with Gasteiger partial charge in [-0.2, -0.15) is 5.10 Å². The van der Waals surface area contributed by atoms with E-state index in [1.54, 1.807) is 6.20 Å². The second kappa shape index (κ2) is 3.81. The summed E-state index contributed by atoms with van der Waals surface area (Å²) in [5, 5.41) is 9.96. The van der Waals surface area contributed by atoms with Crippen LogP contribution < -0.4 is 10.6 Å². The van der Waals surface area contributed by atoms with E-state index in [2.05, 4.69) is 15.7 Å². The number of hydrogen-bond donors (Lipinski definition) is 2. The lowest BCUT2D eigenvalue weighted by Crippen LogP contribution is -2.31. The van der Waals surface area contributed by atoms with Crippen molar-refractivity contribution in [2.24, 2.45) is 5.92 Å². The molecule has 2 fully saturated rings. The maximum absolute atomic E-state index is 11.6. The normalized spacial score (nSPS) is 19.5. The minimum atomic E-state index is -0.111.